The molecule has 3 heterocycles. The van der Waals surface area contributed by atoms with Crippen LogP contribution in [-0.4, -0.2) is 50.2 Å². The summed E-state index contributed by atoms with van der Waals surface area (Å²) >= 11 is 6.64. The first-order chi connectivity index (χ1) is 20.9. The highest BCUT2D eigenvalue weighted by Gasteiger charge is 2.31. The number of imidazole rings is 1. The number of tetrazole rings is 1. The number of unbranched alkanes of at least 4 members (excludes halogenated alkanes) is 1. The largest absolute Gasteiger partial charge is 0.618 e. The third kappa shape index (κ3) is 6.05. The van der Waals surface area contributed by atoms with E-state index in [1.807, 2.05) is 48.5 Å². The van der Waals surface area contributed by atoms with Crippen LogP contribution in [0, 0.1) is 12.1 Å². The molecule has 0 unspecified atom stereocenters. The standard InChI is InChI=1S/C31H32ClN7O4/c1-5-6-12-26-33-29(32)27(28(40)25-16-15-22(19(2)39(25)41)31(42-3)43-4)38(26)18-20-13-14-23(21-10-8-7-9-11-21)24(17-20)30-34-36-37-35-30/h7-11,13-17,31H,5-6,12,18H2,1-4H3,(H,34,35,36,37). The number of pyridine rings is 1. The maximum atomic E-state index is 14.0. The molecule has 3 aromatic heterocycles. The zero-order valence-corrected chi connectivity index (χ0v) is 25.1. The quantitative estimate of drug-likeness (QED) is 0.0888. The average molecular weight is 602 g/mol. The van der Waals surface area contributed by atoms with Crippen LogP contribution in [0.25, 0.3) is 22.5 Å². The average Bonchev–Trinajstić information content (AvgIpc) is 3.67. The number of ketones is 1. The molecule has 1 N–H and O–H groups in total. The summed E-state index contributed by atoms with van der Waals surface area (Å²) in [5.41, 5.74) is 4.51. The molecular weight excluding hydrogens is 570 g/mol. The van der Waals surface area contributed by atoms with Crippen molar-refractivity contribution in [3.05, 3.63) is 105 Å². The Kier molecular flexibility index (Phi) is 9.24. The number of aromatic nitrogens is 7. The molecule has 0 fully saturated rings. The molecule has 0 bridgehead atoms. The molecule has 11 nitrogen and oxygen atoms in total. The lowest BCUT2D eigenvalue weighted by molar-refractivity contribution is -0.615. The summed E-state index contributed by atoms with van der Waals surface area (Å²) in [6.45, 7) is 3.98. The van der Waals surface area contributed by atoms with E-state index in [0.717, 1.165) is 35.1 Å². The number of rotatable bonds is 12. The molecule has 222 valence electrons. The zero-order valence-electron chi connectivity index (χ0n) is 24.4. The van der Waals surface area contributed by atoms with Crippen LogP contribution in [0.1, 0.15) is 64.9 Å². The van der Waals surface area contributed by atoms with Gasteiger partial charge in [-0.15, -0.1) is 5.10 Å². The van der Waals surface area contributed by atoms with Crippen LogP contribution in [0.2, 0.25) is 5.15 Å². The first kappa shape index (κ1) is 30.0. The molecule has 0 amide bonds. The van der Waals surface area contributed by atoms with Gasteiger partial charge in [0.15, 0.2) is 23.0 Å². The van der Waals surface area contributed by atoms with E-state index in [1.165, 1.54) is 20.3 Å². The Morgan fingerprint density at radius 2 is 1.86 bits per heavy atom. The molecule has 2 aromatic carbocycles. The molecule has 43 heavy (non-hydrogen) atoms. The monoisotopic (exact) mass is 601 g/mol. The molecule has 0 radical (unpaired) electrons. The van der Waals surface area contributed by atoms with Crippen LogP contribution in [0.5, 0.6) is 0 Å². The van der Waals surface area contributed by atoms with Crippen molar-refractivity contribution < 1.29 is 19.0 Å². The molecule has 12 heteroatoms. The van der Waals surface area contributed by atoms with Crippen LogP contribution >= 0.6 is 11.6 Å². The molecule has 0 saturated heterocycles. The van der Waals surface area contributed by atoms with Gasteiger partial charge < -0.3 is 19.2 Å². The van der Waals surface area contributed by atoms with Gasteiger partial charge in [0.25, 0.3) is 11.5 Å². The Morgan fingerprint density at radius 3 is 2.53 bits per heavy atom. The van der Waals surface area contributed by atoms with Gasteiger partial charge in [0.05, 0.1) is 5.56 Å². The number of carbonyl (C=O) groups excluding carboxylic acids is 1. The van der Waals surface area contributed by atoms with Crippen molar-refractivity contribution in [3.63, 3.8) is 0 Å². The number of aromatic amines is 1. The van der Waals surface area contributed by atoms with Crippen LogP contribution < -0.4 is 4.73 Å². The number of aryl methyl sites for hydroxylation is 1. The lowest BCUT2D eigenvalue weighted by Crippen LogP contribution is -2.40. The number of hydrogen-bond donors (Lipinski definition) is 1. The fraction of sp³-hybridized carbons (Fsp3) is 0.290. The predicted molar refractivity (Wildman–Crippen MR) is 160 cm³/mol. The Bertz CT molecular complexity index is 1720. The van der Waals surface area contributed by atoms with Crippen molar-refractivity contribution in [2.45, 2.75) is 45.9 Å². The Labute approximate surface area is 254 Å². The minimum Gasteiger partial charge on any atom is -0.618 e. The number of benzene rings is 2. The second kappa shape index (κ2) is 13.2. The van der Waals surface area contributed by atoms with Crippen molar-refractivity contribution in [2.75, 3.05) is 14.2 Å². The van der Waals surface area contributed by atoms with E-state index < -0.39 is 12.1 Å². The van der Waals surface area contributed by atoms with E-state index in [2.05, 4.69) is 32.5 Å². The fourth-order valence-corrected chi connectivity index (χ4v) is 5.42. The second-order valence-electron chi connectivity index (χ2n) is 10.0. The van der Waals surface area contributed by atoms with Gasteiger partial charge in [-0.25, -0.2) is 10.1 Å². The lowest BCUT2D eigenvalue weighted by Gasteiger charge is -2.17. The molecule has 0 aliphatic heterocycles. The van der Waals surface area contributed by atoms with Gasteiger partial charge in [-0.2, -0.15) is 4.73 Å². The number of nitrogens with zero attached hydrogens (tertiary/aromatic N) is 6. The minimum absolute atomic E-state index is 0.0463. The predicted octanol–water partition coefficient (Wildman–Crippen LogP) is 5.24. The molecule has 0 atom stereocenters. The SMILES string of the molecule is CCCCc1nc(Cl)c(C(=O)c2ccc(C(OC)OC)c(C)[n+]2[O-])n1Cc1ccc(-c2ccccc2)c(-c2nnn[nH]2)c1. The van der Waals surface area contributed by atoms with Gasteiger partial charge in [-0.1, -0.05) is 67.4 Å². The maximum Gasteiger partial charge on any atom is 0.277 e. The van der Waals surface area contributed by atoms with E-state index in [0.29, 0.717) is 28.4 Å². The van der Waals surface area contributed by atoms with Crippen LogP contribution in [0.3, 0.4) is 0 Å². The van der Waals surface area contributed by atoms with E-state index >= 15 is 0 Å². The van der Waals surface area contributed by atoms with Gasteiger partial charge in [-0.3, -0.25) is 4.79 Å². The number of methoxy groups -OCH3 is 2. The van der Waals surface area contributed by atoms with Crippen molar-refractivity contribution in [3.8, 4) is 22.5 Å². The van der Waals surface area contributed by atoms with E-state index in [1.54, 1.807) is 17.6 Å². The van der Waals surface area contributed by atoms with Gasteiger partial charge in [0.1, 0.15) is 11.5 Å². The van der Waals surface area contributed by atoms with Gasteiger partial charge in [-0.05, 0) is 45.7 Å². The summed E-state index contributed by atoms with van der Waals surface area (Å²) in [4.78, 5) is 18.6. The van der Waals surface area contributed by atoms with Crippen molar-refractivity contribution in [1.82, 2.24) is 30.2 Å². The fourth-order valence-electron chi connectivity index (χ4n) is 5.13. The Hall–Kier alpha value is -4.45. The highest BCUT2D eigenvalue weighted by molar-refractivity contribution is 6.33. The summed E-state index contributed by atoms with van der Waals surface area (Å²) in [6.07, 6.45) is 1.66. The number of hydrogen-bond acceptors (Lipinski definition) is 8. The van der Waals surface area contributed by atoms with Crippen LogP contribution in [-0.2, 0) is 22.4 Å². The Balaban J connectivity index is 1.59. The molecule has 0 spiro atoms. The van der Waals surface area contributed by atoms with Crippen LogP contribution in [0.4, 0.5) is 0 Å². The second-order valence-corrected chi connectivity index (χ2v) is 10.4. The molecule has 5 aromatic rings. The summed E-state index contributed by atoms with van der Waals surface area (Å²) in [5, 5.41) is 27.9. The molecule has 0 aliphatic carbocycles. The summed E-state index contributed by atoms with van der Waals surface area (Å²) in [7, 11) is 2.96. The smallest absolute Gasteiger partial charge is 0.277 e. The molecular formula is C31H32ClN7O4. The van der Waals surface area contributed by atoms with E-state index in [4.69, 9.17) is 21.1 Å². The normalized spacial score (nSPS) is 11.4. The first-order valence-corrected chi connectivity index (χ1v) is 14.3. The van der Waals surface area contributed by atoms with E-state index in [-0.39, 0.29) is 28.8 Å². The lowest BCUT2D eigenvalue weighted by atomic mass is 9.97. The maximum absolute atomic E-state index is 14.0. The highest BCUT2D eigenvalue weighted by Crippen LogP contribution is 2.32. The molecule has 5 rings (SSSR count). The van der Waals surface area contributed by atoms with Crippen molar-refractivity contribution in [2.24, 2.45) is 0 Å². The number of H-pyrrole nitrogens is 1. The highest BCUT2D eigenvalue weighted by atomic mass is 35.5. The summed E-state index contributed by atoms with van der Waals surface area (Å²) < 4.78 is 13.0. The molecule has 0 saturated carbocycles. The number of halogens is 1. The minimum atomic E-state index is -0.744. The van der Waals surface area contributed by atoms with Gasteiger partial charge in [0, 0.05) is 45.7 Å². The van der Waals surface area contributed by atoms with Crippen molar-refractivity contribution in [1.29, 1.82) is 0 Å². The number of ether oxygens (including phenoxy) is 2. The molecule has 0 aliphatic rings. The Morgan fingerprint density at radius 1 is 1.09 bits per heavy atom. The van der Waals surface area contributed by atoms with Crippen molar-refractivity contribution >= 4 is 17.4 Å². The van der Waals surface area contributed by atoms with Crippen LogP contribution in [0.15, 0.2) is 60.7 Å². The third-order valence-electron chi connectivity index (χ3n) is 7.36. The van der Waals surface area contributed by atoms with E-state index in [9.17, 15) is 10.0 Å². The number of nitrogens with one attached hydrogen (secondary N) is 1. The number of carbonyl (C=O) groups is 1. The van der Waals surface area contributed by atoms with Gasteiger partial charge >= 0.3 is 0 Å². The third-order valence-corrected chi connectivity index (χ3v) is 7.62. The summed E-state index contributed by atoms with van der Waals surface area (Å²) in [5.74, 6) is 0.645. The first-order valence-electron chi connectivity index (χ1n) is 13.9. The van der Waals surface area contributed by atoms with Gasteiger partial charge in [0.2, 0.25) is 0 Å². The summed E-state index contributed by atoms with van der Waals surface area (Å²) in [6, 6.07) is 19.0. The topological polar surface area (TPSA) is 135 Å². The zero-order chi connectivity index (χ0) is 30.5.